The van der Waals surface area contributed by atoms with Crippen molar-refractivity contribution >= 4 is 5.97 Å². The molecule has 1 aromatic carbocycles. The molecule has 0 fully saturated rings. The maximum Gasteiger partial charge on any atom is 0.305 e. The third kappa shape index (κ3) is 3.22. The molecule has 0 saturated heterocycles. The molecule has 0 radical (unpaired) electrons. The van der Waals surface area contributed by atoms with E-state index < -0.39 is 0 Å². The molecule has 0 heterocycles. The van der Waals surface area contributed by atoms with Crippen molar-refractivity contribution < 1.29 is 19.0 Å². The Morgan fingerprint density at radius 1 is 1.35 bits per heavy atom. The van der Waals surface area contributed by atoms with Crippen LogP contribution in [0.4, 0.5) is 0 Å². The quantitative estimate of drug-likeness (QED) is 0.630. The summed E-state index contributed by atoms with van der Waals surface area (Å²) in [4.78, 5) is 11.1. The van der Waals surface area contributed by atoms with Gasteiger partial charge in [-0.3, -0.25) is 4.79 Å². The van der Waals surface area contributed by atoms with Crippen molar-refractivity contribution in [1.82, 2.24) is 0 Å². The minimum atomic E-state index is -0.221. The van der Waals surface area contributed by atoms with Crippen LogP contribution in [-0.2, 0) is 22.4 Å². The second-order valence-electron chi connectivity index (χ2n) is 4.93. The Morgan fingerprint density at radius 3 is 2.85 bits per heavy atom. The van der Waals surface area contributed by atoms with Crippen molar-refractivity contribution in [2.24, 2.45) is 5.73 Å². The standard InChI is InChI=1S/C15H21NO4/c1-18-13-6-5-10-8-11(16)9-12(10)15(13)20-7-3-4-14(17)19-2/h5-6,11H,3-4,7-9,16H2,1-2H3. The number of fused-ring (bicyclic) bond motifs is 1. The number of rotatable bonds is 6. The van der Waals surface area contributed by atoms with Crippen LogP contribution in [0.25, 0.3) is 0 Å². The Balaban J connectivity index is 2.03. The Bertz CT molecular complexity index is 487. The van der Waals surface area contributed by atoms with Crippen molar-refractivity contribution in [1.29, 1.82) is 0 Å². The lowest BCUT2D eigenvalue weighted by atomic mass is 10.1. The summed E-state index contributed by atoms with van der Waals surface area (Å²) < 4.78 is 15.8. The largest absolute Gasteiger partial charge is 0.493 e. The molecule has 1 aromatic rings. The van der Waals surface area contributed by atoms with Crippen LogP contribution in [0, 0.1) is 0 Å². The predicted molar refractivity (Wildman–Crippen MR) is 75.1 cm³/mol. The van der Waals surface area contributed by atoms with E-state index in [0.717, 1.165) is 29.9 Å². The highest BCUT2D eigenvalue weighted by Gasteiger charge is 2.24. The molecule has 110 valence electrons. The second kappa shape index (κ2) is 6.61. The molecule has 1 aliphatic rings. The molecule has 0 aliphatic heterocycles. The van der Waals surface area contributed by atoms with E-state index in [1.165, 1.54) is 12.7 Å². The third-order valence-corrected chi connectivity index (χ3v) is 3.49. The first-order valence-corrected chi connectivity index (χ1v) is 6.79. The van der Waals surface area contributed by atoms with E-state index in [9.17, 15) is 4.79 Å². The molecular formula is C15H21NO4. The van der Waals surface area contributed by atoms with Crippen molar-refractivity contribution in [3.63, 3.8) is 0 Å². The van der Waals surface area contributed by atoms with Crippen LogP contribution in [0.3, 0.4) is 0 Å². The van der Waals surface area contributed by atoms with E-state index in [-0.39, 0.29) is 12.0 Å². The zero-order valence-corrected chi connectivity index (χ0v) is 12.0. The first-order chi connectivity index (χ1) is 9.65. The maximum absolute atomic E-state index is 11.1. The van der Waals surface area contributed by atoms with Gasteiger partial charge in [-0.1, -0.05) is 6.07 Å². The summed E-state index contributed by atoms with van der Waals surface area (Å²) in [5.41, 5.74) is 8.36. The summed E-state index contributed by atoms with van der Waals surface area (Å²) in [7, 11) is 3.01. The summed E-state index contributed by atoms with van der Waals surface area (Å²) in [6.07, 6.45) is 2.65. The topological polar surface area (TPSA) is 70.8 Å². The highest BCUT2D eigenvalue weighted by molar-refractivity contribution is 5.69. The normalized spacial score (nSPS) is 16.6. The SMILES string of the molecule is COC(=O)CCCOc1c(OC)ccc2c1CC(N)C2. The Labute approximate surface area is 119 Å². The van der Waals surface area contributed by atoms with Crippen LogP contribution >= 0.6 is 0 Å². The Morgan fingerprint density at radius 2 is 2.15 bits per heavy atom. The van der Waals surface area contributed by atoms with E-state index >= 15 is 0 Å². The van der Waals surface area contributed by atoms with E-state index in [0.29, 0.717) is 19.4 Å². The maximum atomic E-state index is 11.1. The smallest absolute Gasteiger partial charge is 0.305 e. The number of ether oxygens (including phenoxy) is 3. The number of nitrogens with two attached hydrogens (primary N) is 1. The highest BCUT2D eigenvalue weighted by Crippen LogP contribution is 2.38. The van der Waals surface area contributed by atoms with Gasteiger partial charge in [0.25, 0.3) is 0 Å². The number of carbonyl (C=O) groups is 1. The van der Waals surface area contributed by atoms with Gasteiger partial charge in [-0.15, -0.1) is 0 Å². The van der Waals surface area contributed by atoms with Gasteiger partial charge in [-0.05, 0) is 30.9 Å². The zero-order valence-electron chi connectivity index (χ0n) is 12.0. The zero-order chi connectivity index (χ0) is 14.5. The highest BCUT2D eigenvalue weighted by atomic mass is 16.5. The summed E-state index contributed by atoms with van der Waals surface area (Å²) in [6.45, 7) is 0.456. The Hall–Kier alpha value is -1.75. The average molecular weight is 279 g/mol. The van der Waals surface area contributed by atoms with Crippen LogP contribution in [0.2, 0.25) is 0 Å². The number of hydrogen-bond acceptors (Lipinski definition) is 5. The number of hydrogen-bond donors (Lipinski definition) is 1. The first kappa shape index (κ1) is 14.7. The van der Waals surface area contributed by atoms with E-state index in [1.54, 1.807) is 7.11 Å². The van der Waals surface area contributed by atoms with Crippen LogP contribution in [0.15, 0.2) is 12.1 Å². The molecule has 5 heteroatoms. The summed E-state index contributed by atoms with van der Waals surface area (Å²) in [5.74, 6) is 1.26. The van der Waals surface area contributed by atoms with E-state index in [4.69, 9.17) is 15.2 Å². The van der Waals surface area contributed by atoms with Crippen molar-refractivity contribution in [2.75, 3.05) is 20.8 Å². The molecule has 0 amide bonds. The molecule has 1 aliphatic carbocycles. The molecule has 20 heavy (non-hydrogen) atoms. The minimum Gasteiger partial charge on any atom is -0.493 e. The van der Waals surface area contributed by atoms with Crippen LogP contribution in [-0.4, -0.2) is 32.8 Å². The third-order valence-electron chi connectivity index (χ3n) is 3.49. The second-order valence-corrected chi connectivity index (χ2v) is 4.93. The predicted octanol–water partition coefficient (Wildman–Crippen LogP) is 1.45. The summed E-state index contributed by atoms with van der Waals surface area (Å²) in [6, 6.07) is 4.10. The van der Waals surface area contributed by atoms with Crippen molar-refractivity contribution in [2.45, 2.75) is 31.7 Å². The van der Waals surface area contributed by atoms with Gasteiger partial charge >= 0.3 is 5.97 Å². The molecule has 0 spiro atoms. The van der Waals surface area contributed by atoms with Gasteiger partial charge in [0.15, 0.2) is 11.5 Å². The number of methoxy groups -OCH3 is 2. The van der Waals surface area contributed by atoms with Crippen molar-refractivity contribution in [3.05, 3.63) is 23.3 Å². The molecule has 0 aromatic heterocycles. The molecule has 1 unspecified atom stereocenters. The first-order valence-electron chi connectivity index (χ1n) is 6.79. The lowest BCUT2D eigenvalue weighted by Gasteiger charge is -2.14. The van der Waals surface area contributed by atoms with Gasteiger partial charge in [0.05, 0.1) is 20.8 Å². The van der Waals surface area contributed by atoms with Crippen LogP contribution < -0.4 is 15.2 Å². The number of carbonyl (C=O) groups excluding carboxylic acids is 1. The number of esters is 1. The van der Waals surface area contributed by atoms with Crippen LogP contribution in [0.5, 0.6) is 11.5 Å². The summed E-state index contributed by atoms with van der Waals surface area (Å²) >= 11 is 0. The lowest BCUT2D eigenvalue weighted by Crippen LogP contribution is -2.19. The minimum absolute atomic E-state index is 0.148. The Kier molecular flexibility index (Phi) is 4.84. The van der Waals surface area contributed by atoms with Gasteiger partial charge < -0.3 is 19.9 Å². The molecular weight excluding hydrogens is 258 g/mol. The van der Waals surface area contributed by atoms with E-state index in [2.05, 4.69) is 4.74 Å². The fourth-order valence-corrected chi connectivity index (χ4v) is 2.49. The number of benzene rings is 1. The fraction of sp³-hybridized carbons (Fsp3) is 0.533. The molecule has 1 atom stereocenters. The van der Waals surface area contributed by atoms with Gasteiger partial charge in [-0.2, -0.15) is 0 Å². The molecule has 0 bridgehead atoms. The molecule has 5 nitrogen and oxygen atoms in total. The van der Waals surface area contributed by atoms with Crippen LogP contribution in [0.1, 0.15) is 24.0 Å². The van der Waals surface area contributed by atoms with Gasteiger partial charge in [0.2, 0.25) is 0 Å². The monoisotopic (exact) mass is 279 g/mol. The van der Waals surface area contributed by atoms with Crippen molar-refractivity contribution in [3.8, 4) is 11.5 Å². The molecule has 2 N–H and O–H groups in total. The van der Waals surface area contributed by atoms with Gasteiger partial charge in [-0.25, -0.2) is 0 Å². The lowest BCUT2D eigenvalue weighted by molar-refractivity contribution is -0.140. The molecule has 2 rings (SSSR count). The fourth-order valence-electron chi connectivity index (χ4n) is 2.49. The molecule has 0 saturated carbocycles. The average Bonchev–Trinajstić information content (AvgIpc) is 2.83. The van der Waals surface area contributed by atoms with Gasteiger partial charge in [0, 0.05) is 18.0 Å². The van der Waals surface area contributed by atoms with E-state index in [1.807, 2.05) is 12.1 Å². The van der Waals surface area contributed by atoms with Gasteiger partial charge in [0.1, 0.15) is 0 Å². The summed E-state index contributed by atoms with van der Waals surface area (Å²) in [5, 5.41) is 0.